The molecular weight excluding hydrogens is 880 g/mol. The maximum atomic E-state index is 12.5. The molecule has 6 amide bonds. The van der Waals surface area contributed by atoms with Gasteiger partial charge in [0.15, 0.2) is 0 Å². The lowest BCUT2D eigenvalue weighted by molar-refractivity contribution is -0.120. The highest BCUT2D eigenvalue weighted by Crippen LogP contribution is 2.42. The van der Waals surface area contributed by atoms with E-state index < -0.39 is 36.6 Å². The molecule has 2 N–H and O–H groups in total. The monoisotopic (exact) mass is 932 g/mol. The molecule has 0 aliphatic carbocycles. The summed E-state index contributed by atoms with van der Waals surface area (Å²) in [6, 6.07) is 17.7. The molecule has 0 radical (unpaired) electrons. The molecule has 0 saturated carbocycles. The minimum Gasteiger partial charge on any atom is -0.489 e. The SMILES string of the molecule is C.C.C.CC(=O)NC[C@@H]1OC(=O)N2c3ccc(-c4ccc(N5CCOC5=O)nc4)cc3OC[C@@H]12.CC(=O)NC[C@@H]1OC(=O)N2c3ccc(-c4ccc(N5CCOC5=O)nc4)cc3OC[C@@H]12.Cl. The number of ether oxygens (including phenoxy) is 6. The Morgan fingerprint density at radius 2 is 0.970 bits per heavy atom. The molecule has 0 unspecified atom stereocenters. The number of fused-ring (bicyclic) bond motifs is 6. The number of pyridine rings is 2. The average Bonchev–Trinajstić information content (AvgIpc) is 4.07. The highest BCUT2D eigenvalue weighted by molar-refractivity contribution is 5.95. The van der Waals surface area contributed by atoms with Crippen molar-refractivity contribution in [3.63, 3.8) is 0 Å². The number of amides is 6. The van der Waals surface area contributed by atoms with Gasteiger partial charge < -0.3 is 39.1 Å². The normalized spacial score (nSPS) is 20.4. The van der Waals surface area contributed by atoms with Gasteiger partial charge in [-0.2, -0.15) is 0 Å². The molecular formula is C45H53ClN8O12. The van der Waals surface area contributed by atoms with Gasteiger partial charge in [-0.3, -0.25) is 29.2 Å². The fraction of sp³-hybridized carbons (Fsp3) is 0.378. The van der Waals surface area contributed by atoms with Crippen LogP contribution in [0.4, 0.5) is 42.2 Å². The molecule has 8 heterocycles. The molecule has 6 aliphatic heterocycles. The molecule has 0 bridgehead atoms. The Hall–Kier alpha value is -7.35. The van der Waals surface area contributed by atoms with Crippen molar-refractivity contribution in [1.29, 1.82) is 0 Å². The standard InChI is InChI=1S/2C21H20N4O6.3CH4.ClH/c2*1-12(26)22-10-18-16-11-30-17-8-13(2-4-15(17)25(16)21(28)31-18)14-3-5-19(23-9-14)24-6-7-29-20(24)27;;;;/h2*2-5,8-9,16,18H,6-7,10-11H2,1H3,(H,22,26);3*1H4;1H/t2*16-,18-;;;;/m00..../s1. The van der Waals surface area contributed by atoms with Crippen LogP contribution in [0.25, 0.3) is 22.3 Å². The van der Waals surface area contributed by atoms with Crippen molar-refractivity contribution < 1.29 is 57.2 Å². The van der Waals surface area contributed by atoms with Gasteiger partial charge in [0.2, 0.25) is 11.8 Å². The summed E-state index contributed by atoms with van der Waals surface area (Å²) in [5.41, 5.74) is 4.67. The summed E-state index contributed by atoms with van der Waals surface area (Å²) in [6.07, 6.45) is 0.709. The first-order valence-corrected chi connectivity index (χ1v) is 19.9. The van der Waals surface area contributed by atoms with E-state index >= 15 is 0 Å². The van der Waals surface area contributed by atoms with Crippen LogP contribution in [0, 0.1) is 0 Å². The topological polar surface area (TPSA) is 221 Å². The third-order valence-electron chi connectivity index (χ3n) is 11.0. The van der Waals surface area contributed by atoms with Gasteiger partial charge in [-0.05, 0) is 59.7 Å². The molecule has 6 aliphatic rings. The van der Waals surface area contributed by atoms with Gasteiger partial charge in [0, 0.05) is 37.4 Å². The average molecular weight is 933 g/mol. The van der Waals surface area contributed by atoms with Crippen molar-refractivity contribution in [3.8, 4) is 33.8 Å². The number of cyclic esters (lactones) is 4. The van der Waals surface area contributed by atoms with Gasteiger partial charge in [-0.15, -0.1) is 12.4 Å². The highest BCUT2D eigenvalue weighted by atomic mass is 35.5. The molecule has 66 heavy (non-hydrogen) atoms. The van der Waals surface area contributed by atoms with Crippen LogP contribution < -0.4 is 39.7 Å². The van der Waals surface area contributed by atoms with Crippen LogP contribution in [0.5, 0.6) is 11.5 Å². The molecule has 2 aromatic carbocycles. The van der Waals surface area contributed by atoms with Crippen LogP contribution in [0.2, 0.25) is 0 Å². The summed E-state index contributed by atoms with van der Waals surface area (Å²) in [5, 5.41) is 5.37. The molecule has 10 rings (SSSR count). The van der Waals surface area contributed by atoms with Gasteiger partial charge in [-0.25, -0.2) is 29.1 Å². The Morgan fingerprint density at radius 3 is 1.30 bits per heavy atom. The zero-order chi connectivity index (χ0) is 43.1. The number of carbonyl (C=O) groups excluding carboxylic acids is 6. The van der Waals surface area contributed by atoms with Crippen molar-refractivity contribution in [3.05, 3.63) is 73.1 Å². The summed E-state index contributed by atoms with van der Waals surface area (Å²) in [5.74, 6) is 1.84. The third kappa shape index (κ3) is 9.68. The van der Waals surface area contributed by atoms with E-state index in [1.165, 1.54) is 23.6 Å². The molecule has 4 saturated heterocycles. The van der Waals surface area contributed by atoms with E-state index in [1.54, 1.807) is 34.3 Å². The van der Waals surface area contributed by atoms with Crippen LogP contribution >= 0.6 is 12.4 Å². The quantitative estimate of drug-likeness (QED) is 0.188. The number of nitrogens with one attached hydrogen (secondary N) is 2. The fourth-order valence-corrected chi connectivity index (χ4v) is 7.90. The molecule has 4 aromatic rings. The number of benzene rings is 2. The number of anilines is 4. The van der Waals surface area contributed by atoms with E-state index in [0.29, 0.717) is 60.8 Å². The lowest BCUT2D eigenvalue weighted by Crippen LogP contribution is -2.47. The number of nitrogens with zero attached hydrogens (tertiary/aromatic N) is 6. The maximum absolute atomic E-state index is 12.5. The Kier molecular flexibility index (Phi) is 15.5. The third-order valence-corrected chi connectivity index (χ3v) is 11.0. The van der Waals surface area contributed by atoms with Crippen molar-refractivity contribution in [2.45, 2.75) is 60.4 Å². The Bertz CT molecular complexity index is 2290. The number of aromatic nitrogens is 2. The van der Waals surface area contributed by atoms with Crippen molar-refractivity contribution in [1.82, 2.24) is 20.6 Å². The second-order valence-electron chi connectivity index (χ2n) is 14.9. The Balaban J connectivity index is 0.000000233. The lowest BCUT2D eigenvalue weighted by atomic mass is 10.0. The van der Waals surface area contributed by atoms with E-state index in [0.717, 1.165) is 22.3 Å². The van der Waals surface area contributed by atoms with Crippen molar-refractivity contribution >= 4 is 71.6 Å². The van der Waals surface area contributed by atoms with E-state index in [4.69, 9.17) is 28.4 Å². The molecule has 4 fully saturated rings. The van der Waals surface area contributed by atoms with Crippen molar-refractivity contribution in [2.24, 2.45) is 0 Å². The van der Waals surface area contributed by atoms with E-state index in [9.17, 15) is 28.8 Å². The summed E-state index contributed by atoms with van der Waals surface area (Å²) in [7, 11) is 0. The minimum absolute atomic E-state index is 0. The molecule has 21 heteroatoms. The first kappa shape index (κ1) is 49.7. The number of hydrogen-bond acceptors (Lipinski definition) is 14. The van der Waals surface area contributed by atoms with Gasteiger partial charge in [0.1, 0.15) is 73.9 Å². The second kappa shape index (κ2) is 20.7. The van der Waals surface area contributed by atoms with E-state index in [1.807, 2.05) is 48.5 Å². The first-order valence-electron chi connectivity index (χ1n) is 19.9. The van der Waals surface area contributed by atoms with Gasteiger partial charge in [-0.1, -0.05) is 34.4 Å². The lowest BCUT2D eigenvalue weighted by Gasteiger charge is -2.31. The Morgan fingerprint density at radius 1 is 0.576 bits per heavy atom. The number of halogens is 1. The summed E-state index contributed by atoms with van der Waals surface area (Å²) in [6.45, 7) is 5.51. The minimum atomic E-state index is -0.474. The largest absolute Gasteiger partial charge is 0.489 e. The van der Waals surface area contributed by atoms with Crippen LogP contribution in [-0.4, -0.2) is 123 Å². The zero-order valence-electron chi connectivity index (χ0n) is 33.9. The summed E-state index contributed by atoms with van der Waals surface area (Å²) in [4.78, 5) is 85.6. The van der Waals surface area contributed by atoms with E-state index in [2.05, 4.69) is 20.6 Å². The Labute approximate surface area is 387 Å². The van der Waals surface area contributed by atoms with Crippen molar-refractivity contribution in [2.75, 3.05) is 72.2 Å². The van der Waals surface area contributed by atoms with Crippen LogP contribution in [0.3, 0.4) is 0 Å². The first-order chi connectivity index (χ1) is 30.0. The zero-order valence-corrected chi connectivity index (χ0v) is 34.7. The van der Waals surface area contributed by atoms with Crippen LogP contribution in [-0.2, 0) is 28.5 Å². The predicted molar refractivity (Wildman–Crippen MR) is 246 cm³/mol. The second-order valence-corrected chi connectivity index (χ2v) is 14.9. The predicted octanol–water partition coefficient (Wildman–Crippen LogP) is 6.19. The summed E-state index contributed by atoms with van der Waals surface area (Å²) < 4.78 is 32.6. The molecule has 4 atom stereocenters. The van der Waals surface area contributed by atoms with Gasteiger partial charge >= 0.3 is 24.4 Å². The van der Waals surface area contributed by atoms with Gasteiger partial charge in [0.25, 0.3) is 0 Å². The smallest absolute Gasteiger partial charge is 0.415 e. The van der Waals surface area contributed by atoms with Crippen LogP contribution in [0.1, 0.15) is 36.1 Å². The maximum Gasteiger partial charge on any atom is 0.415 e. The summed E-state index contributed by atoms with van der Waals surface area (Å²) >= 11 is 0. The molecule has 0 spiro atoms. The molecule has 2 aromatic heterocycles. The van der Waals surface area contributed by atoms with Gasteiger partial charge in [0.05, 0.1) is 37.6 Å². The number of hydrogen-bond donors (Lipinski definition) is 2. The fourth-order valence-electron chi connectivity index (χ4n) is 7.90. The molecule has 20 nitrogen and oxygen atoms in total. The van der Waals surface area contributed by atoms with E-state index in [-0.39, 0.29) is 84.9 Å². The number of carbonyl (C=O) groups is 6. The highest BCUT2D eigenvalue weighted by Gasteiger charge is 2.48. The molecule has 352 valence electrons. The number of rotatable bonds is 8. The van der Waals surface area contributed by atoms with Crippen LogP contribution in [0.15, 0.2) is 73.1 Å².